The first-order chi connectivity index (χ1) is 9.90. The van der Waals surface area contributed by atoms with Crippen LogP contribution in [0.5, 0.6) is 0 Å². The molecular weight excluding hydrogens is 315 g/mol. The Bertz CT molecular complexity index is 722. The van der Waals surface area contributed by atoms with Gasteiger partial charge < -0.3 is 4.57 Å². The number of anilines is 1. The number of sulfonamides is 1. The molecule has 0 aliphatic heterocycles. The zero-order valence-electron chi connectivity index (χ0n) is 11.8. The number of rotatable bonds is 5. The maximum Gasteiger partial charge on any atom is 0.265 e. The van der Waals surface area contributed by atoms with Gasteiger partial charge in [-0.1, -0.05) is 6.07 Å². The quantitative estimate of drug-likeness (QED) is 0.790. The van der Waals surface area contributed by atoms with Crippen molar-refractivity contribution >= 4 is 27.3 Å². The lowest BCUT2D eigenvalue weighted by Crippen LogP contribution is -2.26. The fourth-order valence-electron chi connectivity index (χ4n) is 2.04. The van der Waals surface area contributed by atoms with E-state index in [0.717, 1.165) is 10.00 Å². The second-order valence-electron chi connectivity index (χ2n) is 4.54. The maximum absolute atomic E-state index is 13.3. The summed E-state index contributed by atoms with van der Waals surface area (Å²) in [6.45, 7) is 2.53. The first-order valence-electron chi connectivity index (χ1n) is 6.39. The van der Waals surface area contributed by atoms with Crippen LogP contribution in [-0.4, -0.2) is 20.0 Å². The fourth-order valence-corrected chi connectivity index (χ4v) is 3.52. The molecule has 0 saturated carbocycles. The second-order valence-corrected chi connectivity index (χ2v) is 6.78. The van der Waals surface area contributed by atoms with E-state index in [1.807, 2.05) is 6.92 Å². The maximum atomic E-state index is 13.3. The lowest BCUT2D eigenvalue weighted by molar-refractivity contribution is 0.593. The molecule has 7 heteroatoms. The number of nitrogens with zero attached hydrogens (tertiary/aromatic N) is 2. The van der Waals surface area contributed by atoms with Gasteiger partial charge in [-0.05, 0) is 31.2 Å². The largest absolute Gasteiger partial charge is 0.349 e. The van der Waals surface area contributed by atoms with Crippen LogP contribution in [0.3, 0.4) is 0 Å². The van der Waals surface area contributed by atoms with Crippen molar-refractivity contribution in [3.8, 4) is 0 Å². The van der Waals surface area contributed by atoms with E-state index < -0.39 is 15.8 Å². The zero-order valence-corrected chi connectivity index (χ0v) is 13.3. The third kappa shape index (κ3) is 3.06. The summed E-state index contributed by atoms with van der Waals surface area (Å²) < 4.78 is 41.3. The number of aryl methyl sites for hydroxylation is 1. The number of alkyl halides is 1. The second kappa shape index (κ2) is 6.07. The van der Waals surface area contributed by atoms with Crippen LogP contribution in [0.2, 0.25) is 0 Å². The van der Waals surface area contributed by atoms with E-state index in [-0.39, 0.29) is 16.5 Å². The van der Waals surface area contributed by atoms with Gasteiger partial charge in [-0.25, -0.2) is 12.8 Å². The van der Waals surface area contributed by atoms with Gasteiger partial charge in [-0.2, -0.15) is 0 Å². The molecule has 2 rings (SSSR count). The Labute approximate surface area is 128 Å². The number of hydrogen-bond donors (Lipinski definition) is 0. The topological polar surface area (TPSA) is 42.3 Å². The highest BCUT2D eigenvalue weighted by Gasteiger charge is 2.24. The molecule has 114 valence electrons. The van der Waals surface area contributed by atoms with Crippen LogP contribution in [0.25, 0.3) is 0 Å². The van der Waals surface area contributed by atoms with Crippen LogP contribution in [0.1, 0.15) is 12.6 Å². The van der Waals surface area contributed by atoms with Crippen LogP contribution in [0, 0.1) is 5.82 Å². The summed E-state index contributed by atoms with van der Waals surface area (Å²) in [7, 11) is -2.35. The minimum absolute atomic E-state index is 0.145. The average molecular weight is 331 g/mol. The Morgan fingerprint density at radius 2 is 2.05 bits per heavy atom. The smallest absolute Gasteiger partial charge is 0.265 e. The van der Waals surface area contributed by atoms with E-state index in [1.165, 1.54) is 25.2 Å². The van der Waals surface area contributed by atoms with E-state index in [4.69, 9.17) is 11.6 Å². The van der Waals surface area contributed by atoms with E-state index in [1.54, 1.807) is 22.9 Å². The molecule has 0 bridgehead atoms. The van der Waals surface area contributed by atoms with Crippen LogP contribution in [-0.2, 0) is 22.4 Å². The Morgan fingerprint density at radius 3 is 2.57 bits per heavy atom. The summed E-state index contributed by atoms with van der Waals surface area (Å²) in [5.74, 6) is -0.255. The molecule has 0 unspecified atom stereocenters. The molecule has 0 atom stereocenters. The molecule has 0 fully saturated rings. The number of benzene rings is 1. The molecule has 0 spiro atoms. The van der Waals surface area contributed by atoms with E-state index in [9.17, 15) is 12.8 Å². The van der Waals surface area contributed by atoms with E-state index in [0.29, 0.717) is 6.54 Å². The Kier molecular flexibility index (Phi) is 4.58. The monoisotopic (exact) mass is 330 g/mol. The standard InChI is InChI=1S/C14H16ClFN2O2S/c1-3-18-10-14(8-13(18)9-15)21(19,20)17(2)12-6-4-5-11(16)7-12/h4-8,10H,3,9H2,1-2H3. The van der Waals surface area contributed by atoms with E-state index >= 15 is 0 Å². The Balaban J connectivity index is 2.44. The average Bonchev–Trinajstić information content (AvgIpc) is 2.90. The molecule has 0 aliphatic rings. The predicted molar refractivity (Wildman–Crippen MR) is 81.7 cm³/mol. The van der Waals surface area contributed by atoms with Gasteiger partial charge in [0, 0.05) is 25.5 Å². The summed E-state index contributed by atoms with van der Waals surface area (Å²) >= 11 is 5.81. The van der Waals surface area contributed by atoms with Crippen molar-refractivity contribution in [1.82, 2.24) is 4.57 Å². The summed E-state index contributed by atoms with van der Waals surface area (Å²) in [4.78, 5) is 0.145. The number of halogens is 2. The van der Waals surface area contributed by atoms with Gasteiger partial charge in [0.2, 0.25) is 0 Å². The van der Waals surface area contributed by atoms with Crippen LogP contribution < -0.4 is 4.31 Å². The molecule has 21 heavy (non-hydrogen) atoms. The highest BCUT2D eigenvalue weighted by Crippen LogP contribution is 2.24. The third-order valence-corrected chi connectivity index (χ3v) is 5.29. The number of aromatic nitrogens is 1. The van der Waals surface area contributed by atoms with Gasteiger partial charge in [0.15, 0.2) is 0 Å². The Morgan fingerprint density at radius 1 is 1.33 bits per heavy atom. The lowest BCUT2D eigenvalue weighted by Gasteiger charge is -2.18. The summed E-state index contributed by atoms with van der Waals surface area (Å²) in [6.07, 6.45) is 1.54. The van der Waals surface area contributed by atoms with E-state index in [2.05, 4.69) is 0 Å². The van der Waals surface area contributed by atoms with Crippen molar-refractivity contribution in [3.05, 3.63) is 48.0 Å². The molecule has 1 aromatic heterocycles. The first-order valence-corrected chi connectivity index (χ1v) is 8.37. The predicted octanol–water partition coefficient (Wildman–Crippen LogP) is 3.21. The van der Waals surface area contributed by atoms with Crippen molar-refractivity contribution in [3.63, 3.8) is 0 Å². The van der Waals surface area contributed by atoms with Crippen molar-refractivity contribution in [2.24, 2.45) is 0 Å². The molecule has 1 aromatic carbocycles. The van der Waals surface area contributed by atoms with Crippen molar-refractivity contribution in [2.75, 3.05) is 11.4 Å². The van der Waals surface area contributed by atoms with Crippen molar-refractivity contribution in [1.29, 1.82) is 0 Å². The van der Waals surface area contributed by atoms with Crippen molar-refractivity contribution < 1.29 is 12.8 Å². The van der Waals surface area contributed by atoms with Crippen LogP contribution in [0.15, 0.2) is 41.4 Å². The third-order valence-electron chi connectivity index (χ3n) is 3.27. The van der Waals surface area contributed by atoms with Gasteiger partial charge in [0.05, 0.1) is 11.6 Å². The molecule has 2 aromatic rings. The highest BCUT2D eigenvalue weighted by molar-refractivity contribution is 7.92. The van der Waals surface area contributed by atoms with Gasteiger partial charge in [0.25, 0.3) is 10.0 Å². The fraction of sp³-hybridized carbons (Fsp3) is 0.286. The Hall–Kier alpha value is -1.53. The molecule has 0 aliphatic carbocycles. The van der Waals surface area contributed by atoms with Gasteiger partial charge in [-0.3, -0.25) is 4.31 Å². The highest BCUT2D eigenvalue weighted by atomic mass is 35.5. The molecule has 0 radical (unpaired) electrons. The number of hydrogen-bond acceptors (Lipinski definition) is 2. The molecule has 0 saturated heterocycles. The molecule has 0 N–H and O–H groups in total. The normalized spacial score (nSPS) is 11.6. The molecule has 4 nitrogen and oxygen atoms in total. The SMILES string of the molecule is CCn1cc(S(=O)(=O)N(C)c2cccc(F)c2)cc1CCl. The molecule has 1 heterocycles. The van der Waals surface area contributed by atoms with Crippen LogP contribution in [0.4, 0.5) is 10.1 Å². The summed E-state index contributed by atoms with van der Waals surface area (Å²) in [5, 5.41) is 0. The summed E-state index contributed by atoms with van der Waals surface area (Å²) in [6, 6.07) is 7.00. The first kappa shape index (κ1) is 15.9. The zero-order chi connectivity index (χ0) is 15.6. The van der Waals surface area contributed by atoms with Crippen molar-refractivity contribution in [2.45, 2.75) is 24.2 Å². The van der Waals surface area contributed by atoms with Crippen LogP contribution >= 0.6 is 11.6 Å². The lowest BCUT2D eigenvalue weighted by atomic mass is 10.3. The minimum Gasteiger partial charge on any atom is -0.349 e. The molecular formula is C14H16ClFN2O2S. The minimum atomic E-state index is -3.74. The van der Waals surface area contributed by atoms with Gasteiger partial charge in [0.1, 0.15) is 10.7 Å². The molecule has 0 amide bonds. The summed E-state index contributed by atoms with van der Waals surface area (Å²) in [5.41, 5.74) is 0.997. The van der Waals surface area contributed by atoms with Gasteiger partial charge >= 0.3 is 0 Å². The van der Waals surface area contributed by atoms with Gasteiger partial charge in [-0.15, -0.1) is 11.6 Å².